The van der Waals surface area contributed by atoms with Crippen LogP contribution in [-0.2, 0) is 6.54 Å². The molecule has 1 atom stereocenters. The number of hydrogen-bond acceptors (Lipinski definition) is 1. The minimum absolute atomic E-state index is 0.258. The second-order valence-electron chi connectivity index (χ2n) is 4.84. The Morgan fingerprint density at radius 1 is 1.30 bits per heavy atom. The highest BCUT2D eigenvalue weighted by Gasteiger charge is 2.11. The number of benzene rings is 1. The maximum Gasteiger partial charge on any atom is 0.129 e. The molecular formula is C16H20ClFN2. The van der Waals surface area contributed by atoms with Crippen LogP contribution >= 0.6 is 11.6 Å². The van der Waals surface area contributed by atoms with E-state index in [0.29, 0.717) is 23.2 Å². The molecule has 0 bridgehead atoms. The first-order chi connectivity index (χ1) is 9.65. The molecule has 0 saturated carbocycles. The third kappa shape index (κ3) is 3.41. The van der Waals surface area contributed by atoms with Crippen molar-refractivity contribution in [3.8, 4) is 0 Å². The lowest BCUT2D eigenvalue weighted by atomic mass is 10.1. The maximum atomic E-state index is 13.8. The quantitative estimate of drug-likeness (QED) is 0.836. The Kier molecular flexibility index (Phi) is 5.21. The van der Waals surface area contributed by atoms with Gasteiger partial charge in [-0.2, -0.15) is 0 Å². The van der Waals surface area contributed by atoms with E-state index >= 15 is 0 Å². The molecule has 1 heterocycles. The highest BCUT2D eigenvalue weighted by Crippen LogP contribution is 2.22. The zero-order valence-corrected chi connectivity index (χ0v) is 12.6. The minimum Gasteiger partial charge on any atom is -0.349 e. The van der Waals surface area contributed by atoms with Crippen LogP contribution in [0.5, 0.6) is 0 Å². The standard InChI is InChI=1S/C16H20ClFN2/c1-3-16(19-4-2)12-8-9-20(10-12)11-13-14(17)6-5-7-15(13)18/h5-10,16,19H,3-4,11H2,1-2H3. The molecule has 0 aliphatic rings. The van der Waals surface area contributed by atoms with Crippen molar-refractivity contribution in [3.05, 3.63) is 58.6 Å². The molecule has 0 aliphatic heterocycles. The van der Waals surface area contributed by atoms with Crippen molar-refractivity contribution in [2.45, 2.75) is 32.9 Å². The van der Waals surface area contributed by atoms with Crippen molar-refractivity contribution in [2.24, 2.45) is 0 Å². The fourth-order valence-corrected chi connectivity index (χ4v) is 2.60. The van der Waals surface area contributed by atoms with Crippen LogP contribution in [0.25, 0.3) is 0 Å². The van der Waals surface area contributed by atoms with E-state index in [2.05, 4.69) is 31.4 Å². The zero-order chi connectivity index (χ0) is 14.5. The number of nitrogens with zero attached hydrogens (tertiary/aromatic N) is 1. The van der Waals surface area contributed by atoms with E-state index in [-0.39, 0.29) is 5.82 Å². The average Bonchev–Trinajstić information content (AvgIpc) is 2.89. The van der Waals surface area contributed by atoms with Crippen LogP contribution < -0.4 is 5.32 Å². The molecule has 20 heavy (non-hydrogen) atoms. The van der Waals surface area contributed by atoms with Crippen molar-refractivity contribution in [2.75, 3.05) is 6.54 Å². The monoisotopic (exact) mass is 294 g/mol. The van der Waals surface area contributed by atoms with Gasteiger partial charge >= 0.3 is 0 Å². The molecule has 0 aliphatic carbocycles. The largest absolute Gasteiger partial charge is 0.349 e. The number of halogens is 2. The van der Waals surface area contributed by atoms with Crippen molar-refractivity contribution in [1.82, 2.24) is 9.88 Å². The van der Waals surface area contributed by atoms with Gasteiger partial charge in [-0.3, -0.25) is 0 Å². The molecule has 1 aromatic carbocycles. The third-order valence-electron chi connectivity index (χ3n) is 3.44. The van der Waals surface area contributed by atoms with E-state index < -0.39 is 0 Å². The Balaban J connectivity index is 2.17. The first-order valence-corrected chi connectivity index (χ1v) is 7.35. The van der Waals surface area contributed by atoms with E-state index in [4.69, 9.17) is 11.6 Å². The van der Waals surface area contributed by atoms with Gasteiger partial charge < -0.3 is 9.88 Å². The highest BCUT2D eigenvalue weighted by molar-refractivity contribution is 6.31. The smallest absolute Gasteiger partial charge is 0.129 e. The van der Waals surface area contributed by atoms with E-state index in [1.54, 1.807) is 12.1 Å². The second-order valence-corrected chi connectivity index (χ2v) is 5.24. The molecule has 2 rings (SSSR count). The lowest BCUT2D eigenvalue weighted by Crippen LogP contribution is -2.19. The van der Waals surface area contributed by atoms with Crippen LogP contribution in [0.3, 0.4) is 0 Å². The molecule has 0 amide bonds. The van der Waals surface area contributed by atoms with Crippen LogP contribution in [0.1, 0.15) is 37.4 Å². The van der Waals surface area contributed by atoms with Gasteiger partial charge in [0.1, 0.15) is 5.82 Å². The summed E-state index contributed by atoms with van der Waals surface area (Å²) in [5.74, 6) is -0.258. The fourth-order valence-electron chi connectivity index (χ4n) is 2.37. The number of hydrogen-bond donors (Lipinski definition) is 1. The Morgan fingerprint density at radius 3 is 2.75 bits per heavy atom. The summed E-state index contributed by atoms with van der Waals surface area (Å²) >= 11 is 6.06. The molecule has 4 heteroatoms. The molecule has 2 nitrogen and oxygen atoms in total. The van der Waals surface area contributed by atoms with Crippen LogP contribution in [0.4, 0.5) is 4.39 Å². The molecule has 0 fully saturated rings. The predicted molar refractivity (Wildman–Crippen MR) is 81.7 cm³/mol. The molecule has 0 saturated heterocycles. The van der Waals surface area contributed by atoms with Gasteiger partial charge in [0.05, 0.1) is 6.54 Å². The Bertz CT molecular complexity index is 545. The first-order valence-electron chi connectivity index (χ1n) is 6.97. The van der Waals surface area contributed by atoms with Gasteiger partial charge in [-0.05, 0) is 36.7 Å². The second kappa shape index (κ2) is 6.91. The third-order valence-corrected chi connectivity index (χ3v) is 3.79. The van der Waals surface area contributed by atoms with Gasteiger partial charge in [0.2, 0.25) is 0 Å². The van der Waals surface area contributed by atoms with Gasteiger partial charge in [0.25, 0.3) is 0 Å². The van der Waals surface area contributed by atoms with Crippen LogP contribution in [0.15, 0.2) is 36.7 Å². The molecular weight excluding hydrogens is 275 g/mol. The summed E-state index contributed by atoms with van der Waals surface area (Å²) in [4.78, 5) is 0. The molecule has 1 aromatic heterocycles. The summed E-state index contributed by atoms with van der Waals surface area (Å²) in [6.45, 7) is 5.63. The fraction of sp³-hybridized carbons (Fsp3) is 0.375. The van der Waals surface area contributed by atoms with Gasteiger partial charge in [-0.1, -0.05) is 31.5 Å². The molecule has 2 aromatic rings. The van der Waals surface area contributed by atoms with E-state index in [1.165, 1.54) is 11.6 Å². The van der Waals surface area contributed by atoms with E-state index in [9.17, 15) is 4.39 Å². The summed E-state index contributed by atoms with van der Waals surface area (Å²) in [5.41, 5.74) is 1.76. The Hall–Kier alpha value is -1.32. The predicted octanol–water partition coefficient (Wildman–Crippen LogP) is 4.39. The van der Waals surface area contributed by atoms with Crippen molar-refractivity contribution in [3.63, 3.8) is 0 Å². The molecule has 1 unspecified atom stereocenters. The lowest BCUT2D eigenvalue weighted by Gasteiger charge is -2.14. The zero-order valence-electron chi connectivity index (χ0n) is 11.9. The van der Waals surface area contributed by atoms with E-state index in [1.807, 2.05) is 10.8 Å². The molecule has 1 N–H and O–H groups in total. The van der Waals surface area contributed by atoms with Crippen molar-refractivity contribution < 1.29 is 4.39 Å². The van der Waals surface area contributed by atoms with Gasteiger partial charge in [-0.15, -0.1) is 0 Å². The summed E-state index contributed by atoms with van der Waals surface area (Å²) < 4.78 is 15.8. The number of nitrogens with one attached hydrogen (secondary N) is 1. The van der Waals surface area contributed by atoms with Gasteiger partial charge in [0, 0.05) is 29.0 Å². The summed E-state index contributed by atoms with van der Waals surface area (Å²) in [6, 6.07) is 7.21. The Morgan fingerprint density at radius 2 is 2.10 bits per heavy atom. The summed E-state index contributed by atoms with van der Waals surface area (Å²) in [6.07, 6.45) is 5.05. The maximum absolute atomic E-state index is 13.8. The van der Waals surface area contributed by atoms with Gasteiger partial charge in [0.15, 0.2) is 0 Å². The normalized spacial score (nSPS) is 12.6. The van der Waals surface area contributed by atoms with Crippen molar-refractivity contribution >= 4 is 11.6 Å². The summed E-state index contributed by atoms with van der Waals surface area (Å²) in [7, 11) is 0. The average molecular weight is 295 g/mol. The summed E-state index contributed by atoms with van der Waals surface area (Å²) in [5, 5.41) is 3.91. The van der Waals surface area contributed by atoms with Gasteiger partial charge in [-0.25, -0.2) is 4.39 Å². The first kappa shape index (κ1) is 15.1. The van der Waals surface area contributed by atoms with Crippen molar-refractivity contribution in [1.29, 1.82) is 0 Å². The molecule has 108 valence electrons. The van der Waals surface area contributed by atoms with Crippen LogP contribution in [0, 0.1) is 5.82 Å². The Labute approximate surface area is 124 Å². The highest BCUT2D eigenvalue weighted by atomic mass is 35.5. The minimum atomic E-state index is -0.258. The molecule has 0 spiro atoms. The van der Waals surface area contributed by atoms with Crippen LogP contribution in [-0.4, -0.2) is 11.1 Å². The number of rotatable bonds is 6. The lowest BCUT2D eigenvalue weighted by molar-refractivity contribution is 0.536. The molecule has 0 radical (unpaired) electrons. The number of aromatic nitrogens is 1. The van der Waals surface area contributed by atoms with E-state index in [0.717, 1.165) is 13.0 Å². The SMILES string of the molecule is CCNC(CC)c1ccn(Cc2c(F)cccc2Cl)c1. The topological polar surface area (TPSA) is 17.0 Å². The van der Waals surface area contributed by atoms with Crippen LogP contribution in [0.2, 0.25) is 5.02 Å².